The van der Waals surface area contributed by atoms with Gasteiger partial charge in [-0.15, -0.1) is 0 Å². The Labute approximate surface area is 278 Å². The van der Waals surface area contributed by atoms with Crippen molar-refractivity contribution in [1.82, 2.24) is 4.90 Å². The summed E-state index contributed by atoms with van der Waals surface area (Å²) in [6.45, 7) is 6.07. The molecule has 2 aromatic carbocycles. The van der Waals surface area contributed by atoms with Crippen molar-refractivity contribution in [1.29, 1.82) is 0 Å². The van der Waals surface area contributed by atoms with Gasteiger partial charge in [-0.1, -0.05) is 95.2 Å². The monoisotopic (exact) mass is 633 g/mol. The molecule has 2 fully saturated rings. The van der Waals surface area contributed by atoms with Gasteiger partial charge in [-0.2, -0.15) is 0 Å². The first-order valence-electron chi connectivity index (χ1n) is 18.8. The number of aryl methyl sites for hydroxylation is 1. The molecule has 3 aliphatic rings. The molecule has 5 rings (SSSR count). The maximum absolute atomic E-state index is 16.1. The van der Waals surface area contributed by atoms with Crippen LogP contribution in [0.1, 0.15) is 133 Å². The number of aliphatic hydroxyl groups excluding tert-OH is 1. The number of phenolic OH excluding ortho intramolecular Hbond substituents is 1. The van der Waals surface area contributed by atoms with Crippen LogP contribution in [-0.4, -0.2) is 46.4 Å². The number of carbonyl (C=O) groups is 1. The van der Waals surface area contributed by atoms with E-state index >= 15 is 4.39 Å². The molecule has 0 bridgehead atoms. The third-order valence-electron chi connectivity index (χ3n) is 12.1. The predicted molar refractivity (Wildman–Crippen MR) is 186 cm³/mol. The highest BCUT2D eigenvalue weighted by Gasteiger charge is 2.59. The van der Waals surface area contributed by atoms with Gasteiger partial charge in [-0.05, 0) is 110 Å². The summed E-state index contributed by atoms with van der Waals surface area (Å²) in [5, 5.41) is 21.2. The minimum Gasteiger partial charge on any atom is -0.508 e. The Morgan fingerprint density at radius 3 is 2.41 bits per heavy atom. The van der Waals surface area contributed by atoms with Crippen LogP contribution < -0.4 is 0 Å². The molecule has 4 nitrogen and oxygen atoms in total. The first-order chi connectivity index (χ1) is 22.3. The number of hydrogen-bond donors (Lipinski definition) is 2. The summed E-state index contributed by atoms with van der Waals surface area (Å²) in [6.07, 6.45) is 15.7. The highest BCUT2D eigenvalue weighted by molar-refractivity contribution is 5.76. The molecule has 5 heteroatoms. The van der Waals surface area contributed by atoms with E-state index in [1.54, 1.807) is 6.07 Å². The van der Waals surface area contributed by atoms with Gasteiger partial charge in [-0.3, -0.25) is 4.79 Å². The number of hydrogen-bond acceptors (Lipinski definition) is 3. The second kappa shape index (κ2) is 16.6. The van der Waals surface area contributed by atoms with Crippen molar-refractivity contribution in [3.63, 3.8) is 0 Å². The van der Waals surface area contributed by atoms with Gasteiger partial charge in [0.25, 0.3) is 0 Å². The lowest BCUT2D eigenvalue weighted by Crippen LogP contribution is -2.51. The van der Waals surface area contributed by atoms with Crippen LogP contribution in [0, 0.1) is 23.2 Å². The van der Waals surface area contributed by atoms with E-state index in [-0.39, 0.29) is 23.0 Å². The Hall–Kier alpha value is -2.40. The number of aliphatic hydroxyl groups is 1. The summed E-state index contributed by atoms with van der Waals surface area (Å²) >= 11 is 0. The normalized spacial score (nSPS) is 28.3. The van der Waals surface area contributed by atoms with Gasteiger partial charge in [0.05, 0.1) is 6.10 Å². The minimum atomic E-state index is -0.964. The number of fused-ring (bicyclic) bond motifs is 5. The molecule has 7 atom stereocenters. The van der Waals surface area contributed by atoms with Gasteiger partial charge in [0, 0.05) is 25.4 Å². The summed E-state index contributed by atoms with van der Waals surface area (Å²) in [5.41, 5.74) is 3.16. The van der Waals surface area contributed by atoms with Crippen molar-refractivity contribution in [3.05, 3.63) is 65.2 Å². The third-order valence-corrected chi connectivity index (χ3v) is 12.1. The third kappa shape index (κ3) is 8.35. The molecule has 2 aromatic rings. The fourth-order valence-electron chi connectivity index (χ4n) is 9.61. The first kappa shape index (κ1) is 34.9. The molecule has 46 heavy (non-hydrogen) atoms. The van der Waals surface area contributed by atoms with Crippen molar-refractivity contribution < 1.29 is 19.4 Å². The Kier molecular flexibility index (Phi) is 12.6. The topological polar surface area (TPSA) is 60.8 Å². The van der Waals surface area contributed by atoms with Gasteiger partial charge >= 0.3 is 0 Å². The van der Waals surface area contributed by atoms with Crippen molar-refractivity contribution in [3.8, 4) is 5.75 Å². The molecule has 0 aliphatic heterocycles. The SMILES string of the molecule is CCCCCCCCN(CCCCC[C@@H]1Cc2cc(O)ccc2[C@@H]2[C@@H]1[C@@H]1CC[C@H](O)[C@@]1(C)C[C@@H]2F)C(=O)CCCc1ccccc1. The molecule has 0 spiro atoms. The van der Waals surface area contributed by atoms with E-state index in [1.807, 2.05) is 18.2 Å². The van der Waals surface area contributed by atoms with E-state index in [2.05, 4.69) is 43.0 Å². The minimum absolute atomic E-state index is 0.140. The number of carbonyl (C=O) groups excluding carboxylic acids is 1. The molecular formula is C41H60FNO3. The van der Waals surface area contributed by atoms with Crippen LogP contribution >= 0.6 is 0 Å². The maximum atomic E-state index is 16.1. The molecule has 0 saturated heterocycles. The quantitative estimate of drug-likeness (QED) is 0.171. The van der Waals surface area contributed by atoms with E-state index in [9.17, 15) is 15.0 Å². The van der Waals surface area contributed by atoms with Crippen LogP contribution in [-0.2, 0) is 17.6 Å². The van der Waals surface area contributed by atoms with Crippen LogP contribution in [0.4, 0.5) is 4.39 Å². The van der Waals surface area contributed by atoms with E-state index in [0.717, 1.165) is 88.4 Å². The Bertz CT molecular complexity index is 1240. The maximum Gasteiger partial charge on any atom is 0.222 e. The lowest BCUT2D eigenvalue weighted by Gasteiger charge is -2.54. The van der Waals surface area contributed by atoms with E-state index < -0.39 is 12.3 Å². The van der Waals surface area contributed by atoms with Gasteiger partial charge in [0.1, 0.15) is 11.9 Å². The number of phenols is 1. The second-order valence-electron chi connectivity index (χ2n) is 15.2. The number of halogens is 1. The fourth-order valence-corrected chi connectivity index (χ4v) is 9.61. The molecule has 0 unspecified atom stereocenters. The zero-order valence-electron chi connectivity index (χ0n) is 28.6. The average Bonchev–Trinajstić information content (AvgIpc) is 3.34. The predicted octanol–water partition coefficient (Wildman–Crippen LogP) is 9.56. The smallest absolute Gasteiger partial charge is 0.222 e. The van der Waals surface area contributed by atoms with Gasteiger partial charge < -0.3 is 15.1 Å². The summed E-state index contributed by atoms with van der Waals surface area (Å²) < 4.78 is 16.1. The Morgan fingerprint density at radius 1 is 0.935 bits per heavy atom. The number of aromatic hydroxyl groups is 1. The molecular weight excluding hydrogens is 573 g/mol. The number of nitrogens with zero attached hydrogens (tertiary/aromatic N) is 1. The summed E-state index contributed by atoms with van der Waals surface area (Å²) in [5.74, 6) is 1.35. The van der Waals surface area contributed by atoms with Crippen LogP contribution in [0.3, 0.4) is 0 Å². The molecule has 0 aromatic heterocycles. The van der Waals surface area contributed by atoms with Crippen molar-refractivity contribution in [2.75, 3.05) is 13.1 Å². The zero-order valence-corrected chi connectivity index (χ0v) is 28.6. The molecule has 1 amide bonds. The van der Waals surface area contributed by atoms with Gasteiger partial charge in [0.15, 0.2) is 0 Å². The summed E-state index contributed by atoms with van der Waals surface area (Å²) in [4.78, 5) is 15.5. The van der Waals surface area contributed by atoms with E-state index in [1.165, 1.54) is 37.7 Å². The largest absolute Gasteiger partial charge is 0.508 e. The highest BCUT2D eigenvalue weighted by atomic mass is 19.1. The lowest BCUT2D eigenvalue weighted by molar-refractivity contribution is -0.131. The van der Waals surface area contributed by atoms with Crippen LogP contribution in [0.5, 0.6) is 5.75 Å². The van der Waals surface area contributed by atoms with Gasteiger partial charge in [-0.25, -0.2) is 4.39 Å². The average molecular weight is 634 g/mol. The number of alkyl halides is 1. The number of rotatable bonds is 17. The van der Waals surface area contributed by atoms with Crippen molar-refractivity contribution >= 4 is 5.91 Å². The Morgan fingerprint density at radius 2 is 1.65 bits per heavy atom. The first-order valence-corrected chi connectivity index (χ1v) is 18.8. The molecule has 0 radical (unpaired) electrons. The molecule has 0 heterocycles. The summed E-state index contributed by atoms with van der Waals surface area (Å²) in [7, 11) is 0. The van der Waals surface area contributed by atoms with Crippen molar-refractivity contribution in [2.45, 2.75) is 141 Å². The Balaban J connectivity index is 1.16. The van der Waals surface area contributed by atoms with Crippen LogP contribution in [0.15, 0.2) is 48.5 Å². The number of unbranched alkanes of at least 4 members (excludes halogenated alkanes) is 7. The zero-order chi connectivity index (χ0) is 32.5. The highest BCUT2D eigenvalue weighted by Crippen LogP contribution is 2.63. The molecule has 254 valence electrons. The van der Waals surface area contributed by atoms with Crippen molar-refractivity contribution in [2.24, 2.45) is 23.2 Å². The molecule has 2 saturated carbocycles. The molecule has 3 aliphatic carbocycles. The number of amides is 1. The number of benzene rings is 2. The molecule has 2 N–H and O–H groups in total. The second-order valence-corrected chi connectivity index (χ2v) is 15.2. The standard InChI is InChI=1S/C41H60FNO3/c1-3-4-5-6-7-13-25-43(38(46)20-15-18-30-16-10-8-11-17-30)26-14-9-12-19-31-27-32-28-33(44)21-22-34(32)40-36(42)29-41(2)35(39(31)40)23-24-37(41)45/h8,10-11,16-17,21-22,28,31,35-37,39-40,44-45H,3-7,9,12-15,18-20,23-27,29H2,1-2H3/t31-,35+,36+,37+,39+,40+,41+/m1/s1. The van der Waals surface area contributed by atoms with E-state index in [0.29, 0.717) is 30.6 Å². The summed E-state index contributed by atoms with van der Waals surface area (Å²) in [6, 6.07) is 16.0. The van der Waals surface area contributed by atoms with Crippen LogP contribution in [0.25, 0.3) is 0 Å². The lowest BCUT2D eigenvalue weighted by atomic mass is 9.51. The van der Waals surface area contributed by atoms with E-state index in [4.69, 9.17) is 0 Å². The fraction of sp³-hybridized carbons (Fsp3) is 0.683. The van der Waals surface area contributed by atoms with Crippen LogP contribution in [0.2, 0.25) is 0 Å². The van der Waals surface area contributed by atoms with Gasteiger partial charge in [0.2, 0.25) is 5.91 Å².